The highest BCUT2D eigenvalue weighted by atomic mass is 16.2. The summed E-state index contributed by atoms with van der Waals surface area (Å²) in [6.07, 6.45) is 2.35. The summed E-state index contributed by atoms with van der Waals surface area (Å²) in [5.74, 6) is 0.292. The number of nitrogens with zero attached hydrogens (tertiary/aromatic N) is 4. The molecule has 0 spiro atoms. The lowest BCUT2D eigenvalue weighted by atomic mass is 10.1. The average molecular weight is 407 g/mol. The summed E-state index contributed by atoms with van der Waals surface area (Å²) in [4.78, 5) is 22.1. The van der Waals surface area contributed by atoms with Crippen LogP contribution >= 0.6 is 0 Å². The molecule has 2 aromatic rings. The number of carbonyl (C=O) groups is 1. The quantitative estimate of drug-likeness (QED) is 0.707. The summed E-state index contributed by atoms with van der Waals surface area (Å²) in [5.41, 5.74) is 2.68. The third kappa shape index (κ3) is 5.83. The van der Waals surface area contributed by atoms with E-state index < -0.39 is 0 Å². The minimum Gasteiger partial charge on any atom is -0.368 e. The first-order valence-corrected chi connectivity index (χ1v) is 11.3. The summed E-state index contributed by atoms with van der Waals surface area (Å²) < 4.78 is 0. The number of benzene rings is 2. The van der Waals surface area contributed by atoms with Gasteiger partial charge in [-0.25, -0.2) is 0 Å². The smallest absolute Gasteiger partial charge is 0.236 e. The van der Waals surface area contributed by atoms with Gasteiger partial charge in [0.1, 0.15) is 0 Å². The molecule has 30 heavy (non-hydrogen) atoms. The number of para-hydroxylation sites is 1. The number of piperazine rings is 2. The van der Waals surface area contributed by atoms with Crippen molar-refractivity contribution in [1.29, 1.82) is 0 Å². The fourth-order valence-corrected chi connectivity index (χ4v) is 4.47. The molecule has 0 bridgehead atoms. The van der Waals surface area contributed by atoms with Crippen molar-refractivity contribution in [3.05, 3.63) is 66.2 Å². The zero-order valence-electron chi connectivity index (χ0n) is 18.0. The molecule has 0 radical (unpaired) electrons. The van der Waals surface area contributed by atoms with Gasteiger partial charge in [0.15, 0.2) is 0 Å². The molecule has 0 aromatic heterocycles. The molecule has 2 aromatic carbocycles. The van der Waals surface area contributed by atoms with Crippen LogP contribution in [0.4, 0.5) is 5.69 Å². The van der Waals surface area contributed by atoms with Crippen LogP contribution in [0.2, 0.25) is 0 Å². The van der Waals surface area contributed by atoms with Crippen molar-refractivity contribution in [1.82, 2.24) is 14.7 Å². The average Bonchev–Trinajstić information content (AvgIpc) is 2.81. The van der Waals surface area contributed by atoms with Gasteiger partial charge >= 0.3 is 0 Å². The van der Waals surface area contributed by atoms with Crippen LogP contribution in [0.25, 0.3) is 0 Å². The second-order valence-electron chi connectivity index (χ2n) is 8.41. The van der Waals surface area contributed by atoms with Gasteiger partial charge in [-0.3, -0.25) is 9.69 Å². The maximum atomic E-state index is 12.8. The van der Waals surface area contributed by atoms with E-state index in [1.165, 1.54) is 17.7 Å². The van der Waals surface area contributed by atoms with Gasteiger partial charge in [-0.05, 0) is 37.1 Å². The number of amides is 1. The molecule has 2 aliphatic rings. The first-order valence-electron chi connectivity index (χ1n) is 11.3. The zero-order chi connectivity index (χ0) is 20.6. The maximum Gasteiger partial charge on any atom is 0.236 e. The molecule has 2 heterocycles. The number of anilines is 1. The third-order valence-corrected chi connectivity index (χ3v) is 6.36. The topological polar surface area (TPSA) is 30.0 Å². The Labute approximate surface area is 180 Å². The predicted molar refractivity (Wildman–Crippen MR) is 123 cm³/mol. The summed E-state index contributed by atoms with van der Waals surface area (Å²) in [6, 6.07) is 21.2. The number of aryl methyl sites for hydroxylation is 1. The summed E-state index contributed by atoms with van der Waals surface area (Å²) >= 11 is 0. The molecule has 2 fully saturated rings. The van der Waals surface area contributed by atoms with Gasteiger partial charge in [-0.2, -0.15) is 0 Å². The first-order chi connectivity index (χ1) is 14.8. The van der Waals surface area contributed by atoms with Crippen molar-refractivity contribution in [2.45, 2.75) is 12.8 Å². The highest BCUT2D eigenvalue weighted by Gasteiger charge is 2.24. The van der Waals surface area contributed by atoms with Crippen LogP contribution in [0.5, 0.6) is 0 Å². The lowest BCUT2D eigenvalue weighted by Crippen LogP contribution is -2.54. The number of hydrogen-bond acceptors (Lipinski definition) is 4. The fourth-order valence-electron chi connectivity index (χ4n) is 4.47. The Morgan fingerprint density at radius 1 is 0.700 bits per heavy atom. The van der Waals surface area contributed by atoms with E-state index in [9.17, 15) is 4.79 Å². The van der Waals surface area contributed by atoms with Crippen LogP contribution in [-0.4, -0.2) is 86.1 Å². The molecule has 2 aliphatic heterocycles. The van der Waals surface area contributed by atoms with Crippen molar-refractivity contribution in [3.8, 4) is 0 Å². The molecular formula is C25H34N4O. The van der Waals surface area contributed by atoms with Crippen molar-refractivity contribution in [2.75, 3.05) is 70.3 Å². The maximum absolute atomic E-state index is 12.8. The second-order valence-corrected chi connectivity index (χ2v) is 8.41. The highest BCUT2D eigenvalue weighted by molar-refractivity contribution is 5.78. The van der Waals surface area contributed by atoms with E-state index in [0.717, 1.165) is 65.3 Å². The van der Waals surface area contributed by atoms with Crippen LogP contribution in [0.3, 0.4) is 0 Å². The van der Waals surface area contributed by atoms with Crippen molar-refractivity contribution < 1.29 is 4.79 Å². The van der Waals surface area contributed by atoms with Gasteiger partial charge in [-0.15, -0.1) is 0 Å². The normalized spacial score (nSPS) is 18.5. The molecule has 5 nitrogen and oxygen atoms in total. The largest absolute Gasteiger partial charge is 0.368 e. The zero-order valence-corrected chi connectivity index (χ0v) is 18.0. The predicted octanol–water partition coefficient (Wildman–Crippen LogP) is 2.59. The number of hydrogen-bond donors (Lipinski definition) is 0. The molecule has 2 saturated heterocycles. The van der Waals surface area contributed by atoms with Gasteiger partial charge in [0, 0.05) is 58.0 Å². The molecule has 1 amide bonds. The second kappa shape index (κ2) is 10.6. The summed E-state index contributed by atoms with van der Waals surface area (Å²) in [6.45, 7) is 9.37. The minimum atomic E-state index is 0.292. The monoisotopic (exact) mass is 406 g/mol. The minimum absolute atomic E-state index is 0.292. The Balaban J connectivity index is 1.13. The van der Waals surface area contributed by atoms with E-state index in [0.29, 0.717) is 12.5 Å². The Morgan fingerprint density at radius 2 is 1.30 bits per heavy atom. The van der Waals surface area contributed by atoms with Gasteiger partial charge in [-0.1, -0.05) is 48.5 Å². The van der Waals surface area contributed by atoms with E-state index >= 15 is 0 Å². The van der Waals surface area contributed by atoms with Gasteiger partial charge in [0.05, 0.1) is 6.54 Å². The van der Waals surface area contributed by atoms with Crippen molar-refractivity contribution >= 4 is 11.6 Å². The van der Waals surface area contributed by atoms with Crippen LogP contribution in [0.1, 0.15) is 12.0 Å². The molecule has 4 rings (SSSR count). The molecular weight excluding hydrogens is 372 g/mol. The highest BCUT2D eigenvalue weighted by Crippen LogP contribution is 2.16. The van der Waals surface area contributed by atoms with Gasteiger partial charge in [0.2, 0.25) is 5.91 Å². The van der Waals surface area contributed by atoms with E-state index in [4.69, 9.17) is 0 Å². The van der Waals surface area contributed by atoms with Crippen molar-refractivity contribution in [2.24, 2.45) is 0 Å². The molecule has 0 aliphatic carbocycles. The third-order valence-electron chi connectivity index (χ3n) is 6.36. The Bertz CT molecular complexity index is 766. The Hall–Kier alpha value is -2.37. The van der Waals surface area contributed by atoms with Crippen LogP contribution < -0.4 is 4.90 Å². The SMILES string of the molecule is O=C(CN1CCN(CCCc2ccccc2)CC1)N1CCN(c2ccccc2)CC1. The fraction of sp³-hybridized carbons (Fsp3) is 0.480. The van der Waals surface area contributed by atoms with E-state index in [1.807, 2.05) is 11.0 Å². The van der Waals surface area contributed by atoms with E-state index in [2.05, 4.69) is 69.3 Å². The van der Waals surface area contributed by atoms with E-state index in [1.54, 1.807) is 0 Å². The molecule has 0 N–H and O–H groups in total. The molecule has 5 heteroatoms. The van der Waals surface area contributed by atoms with Gasteiger partial charge in [0.25, 0.3) is 0 Å². The lowest BCUT2D eigenvalue weighted by molar-refractivity contribution is -0.133. The number of rotatable bonds is 7. The van der Waals surface area contributed by atoms with Crippen LogP contribution in [0, 0.1) is 0 Å². The molecule has 160 valence electrons. The van der Waals surface area contributed by atoms with Crippen molar-refractivity contribution in [3.63, 3.8) is 0 Å². The van der Waals surface area contributed by atoms with E-state index in [-0.39, 0.29) is 0 Å². The Morgan fingerprint density at radius 3 is 1.97 bits per heavy atom. The summed E-state index contributed by atoms with van der Waals surface area (Å²) in [5, 5.41) is 0. The standard InChI is InChI=1S/C25H34N4O/c30-25(29-20-18-28(19-21-29)24-11-5-2-6-12-24)22-27-16-14-26(15-17-27)13-7-10-23-8-3-1-4-9-23/h1-6,8-9,11-12H,7,10,13-22H2. The first kappa shape index (κ1) is 20.9. The van der Waals surface area contributed by atoms with Crippen LogP contribution in [0.15, 0.2) is 60.7 Å². The molecule has 0 unspecified atom stereocenters. The summed E-state index contributed by atoms with van der Waals surface area (Å²) in [7, 11) is 0. The lowest BCUT2D eigenvalue weighted by Gasteiger charge is -2.38. The number of carbonyl (C=O) groups excluding carboxylic acids is 1. The molecule has 0 atom stereocenters. The molecule has 0 saturated carbocycles. The van der Waals surface area contributed by atoms with Gasteiger partial charge < -0.3 is 14.7 Å². The van der Waals surface area contributed by atoms with Crippen LogP contribution in [-0.2, 0) is 11.2 Å². The Kier molecular flexibility index (Phi) is 7.38.